The Kier molecular flexibility index (Phi) is 116. The normalized spacial score (nSPS) is 8.56. The van der Waals surface area contributed by atoms with Crippen LogP contribution in [0, 0.1) is 13.8 Å². The minimum Gasteiger partial charge on any atom is -0.397 e. The second kappa shape index (κ2) is 80.3. The van der Waals surface area contributed by atoms with Crippen molar-refractivity contribution >= 4 is 55.7 Å². The molecule has 0 bridgehead atoms. The van der Waals surface area contributed by atoms with Gasteiger partial charge in [0.2, 0.25) is 0 Å². The molecule has 11 nitrogen and oxygen atoms in total. The first-order chi connectivity index (χ1) is 32.5. The van der Waals surface area contributed by atoms with E-state index in [0.717, 1.165) is 37.8 Å². The molecule has 5 aromatic rings. The topological polar surface area (TPSA) is 161 Å². The molecule has 0 saturated heterocycles. The monoisotopic (exact) mass is 1170 g/mol. The number of aliphatic hydroxyl groups is 3. The van der Waals surface area contributed by atoms with Crippen LogP contribution in [0.4, 0.5) is 0 Å². The number of hydrogen-bond acceptors (Lipinski definition) is 10. The van der Waals surface area contributed by atoms with Crippen molar-refractivity contribution in [3.8, 4) is 0 Å². The van der Waals surface area contributed by atoms with Gasteiger partial charge in [-0.25, -0.2) is 0 Å². The van der Waals surface area contributed by atoms with Gasteiger partial charge in [-0.1, -0.05) is 138 Å². The first kappa shape index (κ1) is 108. The Balaban J connectivity index is -0.0000000609. The van der Waals surface area contributed by atoms with E-state index in [-0.39, 0.29) is 102 Å². The number of aliphatic hydroxyl groups excluding tert-OH is 3. The molecule has 0 aliphatic heterocycles. The summed E-state index contributed by atoms with van der Waals surface area (Å²) < 4.78 is 38.8. The van der Waals surface area contributed by atoms with E-state index in [9.17, 15) is 0 Å². The Hall–Kier alpha value is -2.59. The maximum atomic E-state index is 8.44. The van der Waals surface area contributed by atoms with E-state index in [1.165, 1.54) is 27.0 Å². The number of benzene rings is 4. The summed E-state index contributed by atoms with van der Waals surface area (Å²) >= 11 is 4.45. The van der Waals surface area contributed by atoms with Crippen LogP contribution in [0.15, 0.2) is 121 Å². The summed E-state index contributed by atoms with van der Waals surface area (Å²) in [7, 11) is -3.11. The Morgan fingerprint density at radius 3 is 1.19 bits per heavy atom. The Morgan fingerprint density at radius 1 is 0.573 bits per heavy atom. The van der Waals surface area contributed by atoms with E-state index in [4.69, 9.17) is 37.4 Å². The summed E-state index contributed by atoms with van der Waals surface area (Å²) in [5.41, 5.74) is 3.43. The molecule has 437 valence electrons. The fraction of sp³-hybridized carbons (Fsp3) is 0.542. The number of hydrogen-bond donors (Lipinski definition) is 3. The van der Waals surface area contributed by atoms with Gasteiger partial charge in [0, 0.05) is 34.8 Å². The number of halogens is 1. The zero-order chi connectivity index (χ0) is 52.8. The molecule has 0 amide bonds. The van der Waals surface area contributed by atoms with Crippen molar-refractivity contribution in [2.24, 2.45) is 0 Å². The van der Waals surface area contributed by atoms with Crippen molar-refractivity contribution < 1.29 is 67.0 Å². The number of rotatable bonds is 14. The van der Waals surface area contributed by atoms with Crippen LogP contribution >= 0.6 is 20.8 Å². The van der Waals surface area contributed by atoms with E-state index in [1.54, 1.807) is 20.8 Å². The van der Waals surface area contributed by atoms with Crippen LogP contribution in [0.2, 0.25) is 0 Å². The number of nitrogens with zero attached hydrogens (tertiary/aromatic N) is 3. The van der Waals surface area contributed by atoms with Crippen LogP contribution in [-0.2, 0) is 39.8 Å². The fourth-order valence-corrected chi connectivity index (χ4v) is 12.3. The molecule has 0 spiro atoms. The van der Waals surface area contributed by atoms with Gasteiger partial charge in [-0.3, -0.25) is 0 Å². The van der Waals surface area contributed by atoms with E-state index in [1.807, 2.05) is 92.2 Å². The summed E-state index contributed by atoms with van der Waals surface area (Å²) in [5.74, 6) is 0. The minimum absolute atomic E-state index is 0. The van der Waals surface area contributed by atoms with E-state index in [2.05, 4.69) is 150 Å². The molecule has 16 heteroatoms. The van der Waals surface area contributed by atoms with Gasteiger partial charge in [0.05, 0.1) is 6.61 Å². The van der Waals surface area contributed by atoms with Gasteiger partial charge < -0.3 is 27.0 Å². The van der Waals surface area contributed by atoms with Crippen LogP contribution in [-0.4, -0.2) is 90.5 Å². The van der Waals surface area contributed by atoms with Crippen molar-refractivity contribution in [3.05, 3.63) is 145 Å². The summed E-state index contributed by atoms with van der Waals surface area (Å²) in [4.78, 5) is 0. The molecule has 0 saturated carbocycles. The minimum atomic E-state index is -3.11. The molecule has 3 radical (unpaired) electrons. The maximum absolute atomic E-state index is 8.44. The summed E-state index contributed by atoms with van der Waals surface area (Å²) in [6.07, 6.45) is 4.69. The molecule has 5 rings (SSSR count). The van der Waals surface area contributed by atoms with Crippen LogP contribution in [0.1, 0.15) is 171 Å². The van der Waals surface area contributed by atoms with Gasteiger partial charge in [-0.2, -0.15) is 6.42 Å². The number of aromatic nitrogens is 3. The van der Waals surface area contributed by atoms with Crippen molar-refractivity contribution in [2.45, 2.75) is 181 Å². The van der Waals surface area contributed by atoms with E-state index in [0.29, 0.717) is 19.8 Å². The third-order valence-electron chi connectivity index (χ3n) is 7.64. The molecule has 4 aromatic carbocycles. The third-order valence-corrected chi connectivity index (χ3v) is 17.5. The molecular formula is C59H116BBrN3NaO8PS. The summed E-state index contributed by atoms with van der Waals surface area (Å²) in [5, 5.41) is 32.1. The van der Waals surface area contributed by atoms with E-state index < -0.39 is 15.9 Å². The quantitative estimate of drug-likeness (QED) is 0.0422. The largest absolute Gasteiger partial charge is 1.00 e. The molecule has 0 aliphatic rings. The van der Waals surface area contributed by atoms with Gasteiger partial charge in [0.25, 0.3) is 0 Å². The Labute approximate surface area is 499 Å². The predicted octanol–water partition coefficient (Wildman–Crippen LogP) is 12.3. The Bertz CT molecular complexity index is 1730. The van der Waals surface area contributed by atoms with E-state index >= 15 is 0 Å². The van der Waals surface area contributed by atoms with Crippen molar-refractivity contribution in [2.75, 3.05) is 39.2 Å². The molecule has 75 heavy (non-hydrogen) atoms. The average molecular weight is 1170 g/mol. The van der Waals surface area contributed by atoms with Gasteiger partial charge in [0.15, 0.2) is 0 Å². The zero-order valence-corrected chi connectivity index (χ0v) is 50.9. The van der Waals surface area contributed by atoms with Gasteiger partial charge in [0.1, 0.15) is 0 Å². The summed E-state index contributed by atoms with van der Waals surface area (Å²) in [6, 6.07) is 40.7. The van der Waals surface area contributed by atoms with Crippen molar-refractivity contribution in [1.29, 1.82) is 0 Å². The SMILES string of the molecule is C.C.C.C.C.C.CC.CC.CC.CC.CC.CCCn1cc(COCCP(Br)(c2ccccc2)(c2ccccc2)c2ccccc2)nn1.CCO.CCO.CCO.O=S(=O)=O.[B].[CH2-]CCOCc1ccccc1C.[Na+]. The maximum Gasteiger partial charge on any atom is 1.00 e. The van der Waals surface area contributed by atoms with Gasteiger partial charge in [-0.15, -0.1) is 12.6 Å². The van der Waals surface area contributed by atoms with Crippen molar-refractivity contribution in [3.63, 3.8) is 0 Å². The molecule has 1 heterocycles. The standard InChI is InChI=1S/C26H29BrN3OP.C11H15O.3C2H6O.5C2H6.6CH4.B.Na.O3S/c1-2-18-30-21-23(28-29-30)22-31-19-20-32(27,24-12-6-3-7-13-24,25-14-8-4-9-15-25)26-16-10-5-11-17-26;1-3-8-12-9-11-7-5-4-6-10(11)2;3*1-2-3;5*1-2;;;;;;;;;1-4(2)3/h3-17,21H,2,18-20,22H2,1H3;4-7H,1,3,8-9H2,2H3;3*3H,2H2,1H3;5*1-2H3;6*1H4;;;/q;-1;;;;;;;;;;;;;;;;+1;. The second-order valence-corrected chi connectivity index (χ2v) is 21.4. The fourth-order valence-electron chi connectivity index (χ4n) is 5.26. The van der Waals surface area contributed by atoms with Crippen LogP contribution < -0.4 is 45.5 Å². The summed E-state index contributed by atoms with van der Waals surface area (Å²) in [6.45, 7) is 37.1. The van der Waals surface area contributed by atoms with Crippen LogP contribution in [0.5, 0.6) is 0 Å². The first-order valence-electron chi connectivity index (χ1n) is 23.8. The molecule has 0 unspecified atom stereocenters. The zero-order valence-electron chi connectivity index (χ0n) is 45.6. The van der Waals surface area contributed by atoms with Crippen LogP contribution in [0.25, 0.3) is 0 Å². The molecule has 3 N–H and O–H groups in total. The molecular weight excluding hydrogens is 1060 g/mol. The second-order valence-electron chi connectivity index (χ2n) is 11.9. The molecule has 0 aliphatic carbocycles. The molecule has 1 aromatic heterocycles. The van der Waals surface area contributed by atoms with Gasteiger partial charge >= 0.3 is 239 Å². The predicted molar refractivity (Wildman–Crippen MR) is 341 cm³/mol. The third kappa shape index (κ3) is 50.7. The first-order valence-corrected chi connectivity index (χ1v) is 29.3. The number of aryl methyl sites for hydroxylation is 2. The molecule has 0 fully saturated rings. The van der Waals surface area contributed by atoms with Crippen LogP contribution in [0.3, 0.4) is 0 Å². The number of ether oxygens (including phenoxy) is 2. The average Bonchev–Trinajstić information content (AvgIpc) is 3.83. The van der Waals surface area contributed by atoms with Crippen molar-refractivity contribution in [1.82, 2.24) is 15.0 Å². The smallest absolute Gasteiger partial charge is 0.397 e. The molecule has 0 atom stereocenters. The van der Waals surface area contributed by atoms with Gasteiger partial charge in [-0.05, 0) is 38.8 Å². The Morgan fingerprint density at radius 2 is 0.880 bits per heavy atom.